The van der Waals surface area contributed by atoms with Crippen LogP contribution in [-0.4, -0.2) is 37.5 Å². The van der Waals surface area contributed by atoms with Crippen molar-refractivity contribution in [3.05, 3.63) is 83.7 Å². The molecule has 3 N–H and O–H groups in total. The largest absolute Gasteiger partial charge is 0.493 e. The van der Waals surface area contributed by atoms with E-state index >= 15 is 0 Å². The molecule has 9 nitrogen and oxygen atoms in total. The molecule has 0 saturated heterocycles. The lowest BCUT2D eigenvalue weighted by atomic mass is 10.0. The first kappa shape index (κ1) is 27.2. The molecule has 2 amide bonds. The second-order valence-electron chi connectivity index (χ2n) is 8.94. The van der Waals surface area contributed by atoms with Crippen molar-refractivity contribution < 1.29 is 33.4 Å². The van der Waals surface area contributed by atoms with Crippen LogP contribution < -0.4 is 24.8 Å². The van der Waals surface area contributed by atoms with E-state index in [1.54, 1.807) is 43.5 Å². The number of carbonyl (C=O) groups is 2. The van der Waals surface area contributed by atoms with Gasteiger partial charge in [0.2, 0.25) is 11.8 Å². The molecule has 0 aromatic heterocycles. The van der Waals surface area contributed by atoms with E-state index in [9.17, 15) is 14.0 Å². The Morgan fingerprint density at radius 1 is 0.923 bits per heavy atom. The highest BCUT2D eigenvalue weighted by atomic mass is 19.1. The second kappa shape index (κ2) is 11.7. The number of nitrogens with zero attached hydrogens (tertiary/aromatic N) is 1. The average Bonchev–Trinajstić information content (AvgIpc) is 3.76. The Labute approximate surface area is 224 Å². The SMILES string of the molecule is COc1cc(C)c(/C(=C\C=N\O)Oc2ccc(NC(=O)C3(C(=O)Nc4ccc(F)cc4)CC3)cc2)cc1OC. The van der Waals surface area contributed by atoms with Gasteiger partial charge in [-0.15, -0.1) is 0 Å². The number of oxime groups is 1. The number of amides is 2. The van der Waals surface area contributed by atoms with E-state index in [1.807, 2.05) is 6.92 Å². The summed E-state index contributed by atoms with van der Waals surface area (Å²) in [5, 5.41) is 17.5. The molecule has 39 heavy (non-hydrogen) atoms. The summed E-state index contributed by atoms with van der Waals surface area (Å²) in [5.41, 5.74) is 1.25. The highest BCUT2D eigenvalue weighted by Crippen LogP contribution is 2.47. The first-order valence-electron chi connectivity index (χ1n) is 12.1. The number of benzene rings is 3. The van der Waals surface area contributed by atoms with E-state index < -0.39 is 23.0 Å². The maximum Gasteiger partial charge on any atom is 0.240 e. The van der Waals surface area contributed by atoms with Gasteiger partial charge in [-0.3, -0.25) is 9.59 Å². The number of hydrogen-bond donors (Lipinski definition) is 3. The van der Waals surface area contributed by atoms with E-state index in [1.165, 1.54) is 43.7 Å². The maximum atomic E-state index is 13.1. The van der Waals surface area contributed by atoms with Crippen molar-refractivity contribution in [2.45, 2.75) is 19.8 Å². The van der Waals surface area contributed by atoms with E-state index in [0.29, 0.717) is 52.8 Å². The summed E-state index contributed by atoms with van der Waals surface area (Å²) in [4.78, 5) is 25.8. The number of halogens is 1. The van der Waals surface area contributed by atoms with Gasteiger partial charge < -0.3 is 30.1 Å². The van der Waals surface area contributed by atoms with Gasteiger partial charge in [0.25, 0.3) is 0 Å². The minimum absolute atomic E-state index is 0.387. The van der Waals surface area contributed by atoms with E-state index in [0.717, 1.165) is 5.56 Å². The summed E-state index contributed by atoms with van der Waals surface area (Å²) in [6, 6.07) is 15.6. The minimum Gasteiger partial charge on any atom is -0.493 e. The Balaban J connectivity index is 1.46. The number of aryl methyl sites for hydroxylation is 1. The average molecular weight is 534 g/mol. The lowest BCUT2D eigenvalue weighted by Crippen LogP contribution is -2.35. The normalized spacial score (nSPS) is 14.0. The lowest BCUT2D eigenvalue weighted by molar-refractivity contribution is -0.131. The summed E-state index contributed by atoms with van der Waals surface area (Å²) >= 11 is 0. The van der Waals surface area contributed by atoms with Gasteiger partial charge in [0.05, 0.1) is 20.4 Å². The fourth-order valence-electron chi connectivity index (χ4n) is 3.98. The molecule has 0 radical (unpaired) electrons. The lowest BCUT2D eigenvalue weighted by Gasteiger charge is -2.17. The van der Waals surface area contributed by atoms with Gasteiger partial charge in [0.15, 0.2) is 11.5 Å². The molecule has 1 fully saturated rings. The Kier molecular flexibility index (Phi) is 8.14. The number of nitrogens with one attached hydrogen (secondary N) is 2. The highest BCUT2D eigenvalue weighted by Gasteiger charge is 2.56. The van der Waals surface area contributed by atoms with Crippen LogP contribution >= 0.6 is 0 Å². The maximum absolute atomic E-state index is 13.1. The fraction of sp³-hybridized carbons (Fsp3) is 0.207. The molecule has 3 aromatic rings. The van der Waals surface area contributed by atoms with Crippen LogP contribution in [0.1, 0.15) is 24.0 Å². The quantitative estimate of drug-likeness (QED) is 0.106. The number of rotatable bonds is 10. The smallest absolute Gasteiger partial charge is 0.240 e. The van der Waals surface area contributed by atoms with Crippen molar-refractivity contribution in [1.82, 2.24) is 0 Å². The van der Waals surface area contributed by atoms with Gasteiger partial charge in [-0.05, 0) is 86.0 Å². The summed E-state index contributed by atoms with van der Waals surface area (Å²) < 4.78 is 30.0. The molecule has 0 atom stereocenters. The number of carbonyl (C=O) groups excluding carboxylic acids is 2. The number of ether oxygens (including phenoxy) is 3. The van der Waals surface area contributed by atoms with Crippen LogP contribution in [0.4, 0.5) is 15.8 Å². The Morgan fingerprint density at radius 3 is 1.97 bits per heavy atom. The molecular weight excluding hydrogens is 505 g/mol. The van der Waals surface area contributed by atoms with Crippen molar-refractivity contribution in [1.29, 1.82) is 0 Å². The van der Waals surface area contributed by atoms with Crippen molar-refractivity contribution in [2.24, 2.45) is 10.6 Å². The zero-order valence-electron chi connectivity index (χ0n) is 21.7. The van der Waals surface area contributed by atoms with E-state index in [4.69, 9.17) is 19.4 Å². The highest BCUT2D eigenvalue weighted by molar-refractivity contribution is 6.16. The van der Waals surface area contributed by atoms with Crippen LogP contribution in [0.25, 0.3) is 5.76 Å². The molecule has 0 bridgehead atoms. The van der Waals surface area contributed by atoms with Gasteiger partial charge >= 0.3 is 0 Å². The molecule has 10 heteroatoms. The molecule has 0 spiro atoms. The van der Waals surface area contributed by atoms with Gasteiger partial charge in [0.1, 0.15) is 22.7 Å². The van der Waals surface area contributed by atoms with Crippen LogP contribution in [0.15, 0.2) is 71.9 Å². The third-order valence-corrected chi connectivity index (χ3v) is 6.35. The van der Waals surface area contributed by atoms with Crippen molar-refractivity contribution >= 4 is 35.2 Å². The summed E-state index contributed by atoms with van der Waals surface area (Å²) in [6.07, 6.45) is 3.52. The first-order valence-corrected chi connectivity index (χ1v) is 12.1. The van der Waals surface area contributed by atoms with Gasteiger partial charge in [0, 0.05) is 23.0 Å². The van der Waals surface area contributed by atoms with Crippen LogP contribution in [-0.2, 0) is 9.59 Å². The Hall–Kier alpha value is -4.86. The van der Waals surface area contributed by atoms with Gasteiger partial charge in [-0.2, -0.15) is 0 Å². The third kappa shape index (κ3) is 6.18. The molecule has 1 aliphatic carbocycles. The fourth-order valence-corrected chi connectivity index (χ4v) is 3.98. The molecular formula is C29H28FN3O6. The molecule has 3 aromatic carbocycles. The summed E-state index contributed by atoms with van der Waals surface area (Å²) in [5.74, 6) is 0.640. The van der Waals surface area contributed by atoms with Crippen molar-refractivity contribution in [3.8, 4) is 17.2 Å². The number of methoxy groups -OCH3 is 2. The first-order chi connectivity index (χ1) is 18.8. The molecule has 0 aliphatic heterocycles. The summed E-state index contributed by atoms with van der Waals surface area (Å²) in [7, 11) is 3.08. The topological polar surface area (TPSA) is 118 Å². The number of anilines is 2. The number of hydrogen-bond acceptors (Lipinski definition) is 7. The zero-order chi connectivity index (χ0) is 28.0. The van der Waals surface area contributed by atoms with E-state index in [-0.39, 0.29) is 0 Å². The molecule has 1 aliphatic rings. The summed E-state index contributed by atoms with van der Waals surface area (Å²) in [6.45, 7) is 1.88. The molecule has 0 unspecified atom stereocenters. The van der Waals surface area contributed by atoms with Crippen LogP contribution in [0.2, 0.25) is 0 Å². The van der Waals surface area contributed by atoms with Crippen molar-refractivity contribution in [2.75, 3.05) is 24.9 Å². The molecule has 4 rings (SSSR count). The van der Waals surface area contributed by atoms with Gasteiger partial charge in [-0.1, -0.05) is 5.16 Å². The van der Waals surface area contributed by atoms with E-state index in [2.05, 4.69) is 15.8 Å². The predicted molar refractivity (Wildman–Crippen MR) is 145 cm³/mol. The minimum atomic E-state index is -1.17. The molecule has 202 valence electrons. The Bertz CT molecular complexity index is 1410. The molecule has 0 heterocycles. The third-order valence-electron chi connectivity index (χ3n) is 6.35. The molecule has 1 saturated carbocycles. The van der Waals surface area contributed by atoms with Crippen LogP contribution in [0.5, 0.6) is 17.2 Å². The standard InChI is InChI=1S/C29H28FN3O6/c1-18-16-25(37-2)26(38-3)17-23(18)24(12-15-31-36)39-22-10-8-21(9-11-22)33-28(35)29(13-14-29)27(34)32-20-6-4-19(30)5-7-20/h4-12,15-17,36H,13-14H2,1-3H3,(H,32,34)(H,33,35)/b24-12+,31-15+. The Morgan fingerprint density at radius 2 is 1.46 bits per heavy atom. The van der Waals surface area contributed by atoms with Crippen LogP contribution in [0, 0.1) is 18.2 Å². The van der Waals surface area contributed by atoms with Crippen molar-refractivity contribution in [3.63, 3.8) is 0 Å². The van der Waals surface area contributed by atoms with Crippen LogP contribution in [0.3, 0.4) is 0 Å². The second-order valence-corrected chi connectivity index (χ2v) is 8.94. The number of allylic oxidation sites excluding steroid dienone is 1. The predicted octanol–water partition coefficient (Wildman–Crippen LogP) is 5.39. The zero-order valence-corrected chi connectivity index (χ0v) is 21.7. The monoisotopic (exact) mass is 533 g/mol. The van der Waals surface area contributed by atoms with Gasteiger partial charge in [-0.25, -0.2) is 4.39 Å².